The van der Waals surface area contributed by atoms with Gasteiger partial charge in [-0.2, -0.15) is 20.5 Å². The minimum absolute atomic E-state index is 0.187. The largest absolute Gasteiger partial charge is 0.503 e. The molecule has 0 saturated carbocycles. The zero-order valence-electron chi connectivity index (χ0n) is 34.8. The predicted molar refractivity (Wildman–Crippen MR) is 235 cm³/mol. The van der Waals surface area contributed by atoms with E-state index in [0.717, 1.165) is 47.0 Å². The standard InChI is InChI=1S/C23H22F2N4O2.C15H15N3O2.C8H9F2NO/c1-29(2)19-9-7-18(8-10-19)28-27-17-5-3-16(4-6-17)23(31)26-12-11-15-13-20(24)22(30)21(25)14-15;1-18(2)14-9-7-13(8-10-14)17-16-12-5-3-11(4-6-12)15(19)20;9-6-3-5(1-2-11)4-7(10)8(6)12/h3-10,13-14,30H,11-12H2,1-2H3,(H,26,31);3-10H,1-2H3,(H,19,20);3-4,12H,1-2,11H2. The molecule has 0 spiro atoms. The number of nitrogens with zero attached hydrogens (tertiary/aromatic N) is 6. The number of azo groups is 2. The maximum absolute atomic E-state index is 13.4. The first-order chi connectivity index (χ1) is 30.0. The summed E-state index contributed by atoms with van der Waals surface area (Å²) in [6.07, 6.45) is 0.618. The molecule has 0 saturated heterocycles. The van der Waals surface area contributed by atoms with Crippen molar-refractivity contribution in [3.05, 3.63) is 167 Å². The van der Waals surface area contributed by atoms with Gasteiger partial charge < -0.3 is 36.2 Å². The van der Waals surface area contributed by atoms with Crippen LogP contribution in [0, 0.1) is 23.3 Å². The van der Waals surface area contributed by atoms with Gasteiger partial charge in [0.05, 0.1) is 28.3 Å². The molecule has 63 heavy (non-hydrogen) atoms. The van der Waals surface area contributed by atoms with Crippen molar-refractivity contribution < 1.29 is 42.5 Å². The van der Waals surface area contributed by atoms with Crippen molar-refractivity contribution in [2.75, 3.05) is 51.1 Å². The van der Waals surface area contributed by atoms with Gasteiger partial charge in [-0.15, -0.1) is 0 Å². The van der Waals surface area contributed by atoms with Crippen LogP contribution in [0.2, 0.25) is 0 Å². The van der Waals surface area contributed by atoms with Crippen molar-refractivity contribution in [2.24, 2.45) is 26.2 Å². The summed E-state index contributed by atoms with van der Waals surface area (Å²) in [4.78, 5) is 27.0. The number of carbonyl (C=O) groups is 2. The molecule has 6 aromatic carbocycles. The number of hydrogen-bond acceptors (Lipinski definition) is 11. The molecular formula is C46H46F4N8O5. The second-order valence-electron chi connectivity index (χ2n) is 14.0. The second-order valence-corrected chi connectivity index (χ2v) is 14.0. The number of nitrogens with one attached hydrogen (secondary N) is 1. The summed E-state index contributed by atoms with van der Waals surface area (Å²) in [5, 5.41) is 45.8. The first-order valence-corrected chi connectivity index (χ1v) is 19.2. The highest BCUT2D eigenvalue weighted by Crippen LogP contribution is 2.25. The molecule has 0 fully saturated rings. The number of rotatable bonds is 13. The van der Waals surface area contributed by atoms with Crippen LogP contribution < -0.4 is 20.9 Å². The van der Waals surface area contributed by atoms with Crippen molar-refractivity contribution in [2.45, 2.75) is 12.8 Å². The molecule has 0 bridgehead atoms. The molecule has 328 valence electrons. The minimum atomic E-state index is -1.03. The lowest BCUT2D eigenvalue weighted by Crippen LogP contribution is -2.25. The fourth-order valence-corrected chi connectivity index (χ4v) is 5.33. The van der Waals surface area contributed by atoms with Crippen molar-refractivity contribution in [1.82, 2.24) is 5.32 Å². The predicted octanol–water partition coefficient (Wildman–Crippen LogP) is 10.2. The molecule has 13 nitrogen and oxygen atoms in total. The Hall–Kier alpha value is -7.66. The number of carbonyl (C=O) groups excluding carboxylic acids is 1. The lowest BCUT2D eigenvalue weighted by Gasteiger charge is -2.11. The SMILES string of the molecule is CN(C)c1ccc(N=Nc2ccc(C(=O)NCCc3cc(F)c(O)c(F)c3)cc2)cc1.CN(C)c1ccc(N=Nc2ccc(C(=O)O)cc2)cc1.NCCc1cc(F)c(O)c(F)c1. The van der Waals surface area contributed by atoms with E-state index in [2.05, 4.69) is 25.8 Å². The van der Waals surface area contributed by atoms with Crippen LogP contribution in [0.1, 0.15) is 31.8 Å². The van der Waals surface area contributed by atoms with Gasteiger partial charge in [-0.1, -0.05) is 0 Å². The number of anilines is 2. The van der Waals surface area contributed by atoms with E-state index in [4.69, 9.17) is 21.1 Å². The van der Waals surface area contributed by atoms with Crippen molar-refractivity contribution in [3.8, 4) is 11.5 Å². The normalized spacial score (nSPS) is 10.7. The number of benzene rings is 6. The summed E-state index contributed by atoms with van der Waals surface area (Å²) in [6, 6.07) is 32.4. The number of hydrogen-bond donors (Lipinski definition) is 5. The van der Waals surface area contributed by atoms with Gasteiger partial charge >= 0.3 is 5.97 Å². The molecule has 0 aliphatic rings. The van der Waals surface area contributed by atoms with Crippen LogP contribution in [0.3, 0.4) is 0 Å². The summed E-state index contributed by atoms with van der Waals surface area (Å²) in [7, 11) is 7.86. The Morgan fingerprint density at radius 3 is 1.17 bits per heavy atom. The van der Waals surface area contributed by atoms with Gasteiger partial charge in [-0.25, -0.2) is 22.4 Å². The zero-order chi connectivity index (χ0) is 46.1. The topological polar surface area (TPSA) is 189 Å². The Morgan fingerprint density at radius 2 is 0.857 bits per heavy atom. The third-order valence-electron chi connectivity index (χ3n) is 8.82. The lowest BCUT2D eigenvalue weighted by molar-refractivity contribution is 0.0696. The molecule has 17 heteroatoms. The molecule has 0 unspecified atom stereocenters. The summed E-state index contributed by atoms with van der Waals surface area (Å²) in [6.45, 7) is 0.510. The third kappa shape index (κ3) is 15.1. The maximum Gasteiger partial charge on any atom is 0.335 e. The average Bonchev–Trinajstić information content (AvgIpc) is 3.27. The van der Waals surface area contributed by atoms with Gasteiger partial charge in [0, 0.05) is 51.7 Å². The molecule has 0 heterocycles. The van der Waals surface area contributed by atoms with Gasteiger partial charge in [0.15, 0.2) is 34.8 Å². The molecular weight excluding hydrogens is 821 g/mol. The summed E-state index contributed by atoms with van der Waals surface area (Å²) in [5.41, 5.74) is 11.5. The van der Waals surface area contributed by atoms with E-state index < -0.39 is 40.7 Å². The number of amides is 1. The zero-order valence-corrected chi connectivity index (χ0v) is 34.8. The van der Waals surface area contributed by atoms with Crippen molar-refractivity contribution in [1.29, 1.82) is 0 Å². The van der Waals surface area contributed by atoms with Crippen LogP contribution >= 0.6 is 0 Å². The number of carboxylic acids is 1. The molecule has 6 N–H and O–H groups in total. The molecule has 0 aliphatic heterocycles. The number of halogens is 4. The molecule has 0 aromatic heterocycles. The minimum Gasteiger partial charge on any atom is -0.503 e. The Balaban J connectivity index is 0.000000232. The quantitative estimate of drug-likeness (QED) is 0.0560. The van der Waals surface area contributed by atoms with E-state index in [-0.39, 0.29) is 24.4 Å². The van der Waals surface area contributed by atoms with Gasteiger partial charge in [0.1, 0.15) is 0 Å². The lowest BCUT2D eigenvalue weighted by atomic mass is 10.1. The molecule has 0 radical (unpaired) electrons. The first-order valence-electron chi connectivity index (χ1n) is 19.2. The van der Waals surface area contributed by atoms with Crippen LogP contribution in [-0.2, 0) is 12.8 Å². The number of nitrogens with two attached hydrogens (primary N) is 1. The third-order valence-corrected chi connectivity index (χ3v) is 8.82. The molecule has 0 aliphatic carbocycles. The van der Waals surface area contributed by atoms with Crippen LogP contribution in [0.15, 0.2) is 142 Å². The molecule has 6 aromatic rings. The first kappa shape index (κ1) is 48.0. The van der Waals surface area contributed by atoms with Crippen molar-refractivity contribution >= 4 is 46.0 Å². The van der Waals surface area contributed by atoms with Crippen LogP contribution in [0.4, 0.5) is 51.7 Å². The Morgan fingerprint density at radius 1 is 0.540 bits per heavy atom. The van der Waals surface area contributed by atoms with Gasteiger partial charge in [0.25, 0.3) is 5.91 Å². The second kappa shape index (κ2) is 23.4. The average molecular weight is 867 g/mol. The Kier molecular flexibility index (Phi) is 17.8. The van der Waals surface area contributed by atoms with E-state index in [0.29, 0.717) is 41.0 Å². The highest BCUT2D eigenvalue weighted by Gasteiger charge is 2.11. The van der Waals surface area contributed by atoms with E-state index in [1.807, 2.05) is 86.5 Å². The van der Waals surface area contributed by atoms with Gasteiger partial charge in [-0.05, 0) is 152 Å². The van der Waals surface area contributed by atoms with Crippen molar-refractivity contribution in [3.63, 3.8) is 0 Å². The number of aromatic hydroxyl groups is 2. The molecule has 0 atom stereocenters. The molecule has 6 rings (SSSR count). The fourth-order valence-electron chi connectivity index (χ4n) is 5.33. The van der Waals surface area contributed by atoms with E-state index >= 15 is 0 Å². The maximum atomic E-state index is 13.4. The highest BCUT2D eigenvalue weighted by molar-refractivity contribution is 5.94. The van der Waals surface area contributed by atoms with E-state index in [1.165, 1.54) is 12.1 Å². The summed E-state index contributed by atoms with van der Waals surface area (Å²) in [5.74, 6) is -7.15. The summed E-state index contributed by atoms with van der Waals surface area (Å²) < 4.78 is 52.0. The van der Waals surface area contributed by atoms with Gasteiger partial charge in [0.2, 0.25) is 0 Å². The number of phenolic OH excluding ortho intramolecular Hbond substituents is 2. The van der Waals surface area contributed by atoms with E-state index in [1.54, 1.807) is 36.4 Å². The van der Waals surface area contributed by atoms with E-state index in [9.17, 15) is 27.2 Å². The van der Waals surface area contributed by atoms with Crippen LogP contribution in [0.25, 0.3) is 0 Å². The van der Waals surface area contributed by atoms with Crippen LogP contribution in [0.5, 0.6) is 11.5 Å². The monoisotopic (exact) mass is 866 g/mol. The number of phenols is 2. The number of aromatic carboxylic acids is 1. The number of carboxylic acid groups (broad SMARTS) is 1. The smallest absolute Gasteiger partial charge is 0.335 e. The van der Waals surface area contributed by atoms with Crippen LogP contribution in [-0.4, -0.2) is 68.5 Å². The highest BCUT2D eigenvalue weighted by atomic mass is 19.1. The Labute approximate surface area is 361 Å². The van der Waals surface area contributed by atoms with Gasteiger partial charge in [-0.3, -0.25) is 4.79 Å². The Bertz CT molecular complexity index is 2460. The molecule has 1 amide bonds. The fraction of sp³-hybridized carbons (Fsp3) is 0.174. The summed E-state index contributed by atoms with van der Waals surface area (Å²) >= 11 is 0.